The summed E-state index contributed by atoms with van der Waals surface area (Å²) in [7, 11) is 0. The number of rotatable bonds is 3. The van der Waals surface area contributed by atoms with Crippen LogP contribution in [0.15, 0.2) is 24.3 Å². The van der Waals surface area contributed by atoms with Gasteiger partial charge in [0.2, 0.25) is 0 Å². The number of aromatic nitrogens is 2. The van der Waals surface area contributed by atoms with Gasteiger partial charge in [-0.25, -0.2) is 13.5 Å². The summed E-state index contributed by atoms with van der Waals surface area (Å²) in [5, 5.41) is 3.04. The maximum Gasteiger partial charge on any atom is 0.151 e. The fourth-order valence-corrected chi connectivity index (χ4v) is 2.12. The molecule has 0 unspecified atom stereocenters. The molecule has 0 saturated heterocycles. The standard InChI is InChI=1S/C13H14F2N2S/c1-8(2)5-10-7-13(18)17(16-10)12-4-3-9(14)6-11(12)15/h3-4,6-8,16H,5H2,1-2H3. The SMILES string of the molecule is CC(C)Cc1cc(=S)n(-c2ccc(F)cc2F)[nH]1. The van der Waals surface area contributed by atoms with Crippen LogP contribution in [0.1, 0.15) is 19.5 Å². The Bertz CT molecular complexity index is 614. The van der Waals surface area contributed by atoms with Crippen molar-refractivity contribution in [3.8, 4) is 5.69 Å². The van der Waals surface area contributed by atoms with Crippen molar-refractivity contribution in [1.29, 1.82) is 0 Å². The molecule has 2 nitrogen and oxygen atoms in total. The molecule has 0 bridgehead atoms. The summed E-state index contributed by atoms with van der Waals surface area (Å²) in [6, 6.07) is 5.23. The highest BCUT2D eigenvalue weighted by Crippen LogP contribution is 2.16. The number of hydrogen-bond donors (Lipinski definition) is 1. The third-order valence-electron chi connectivity index (χ3n) is 2.55. The van der Waals surface area contributed by atoms with Crippen molar-refractivity contribution < 1.29 is 8.78 Å². The van der Waals surface area contributed by atoms with Crippen LogP contribution in [-0.4, -0.2) is 9.78 Å². The molecule has 0 aliphatic heterocycles. The molecule has 0 saturated carbocycles. The number of halogens is 2. The number of nitrogens with one attached hydrogen (secondary N) is 1. The highest BCUT2D eigenvalue weighted by molar-refractivity contribution is 7.71. The van der Waals surface area contributed by atoms with Crippen LogP contribution in [0, 0.1) is 22.2 Å². The van der Waals surface area contributed by atoms with E-state index in [9.17, 15) is 8.78 Å². The van der Waals surface area contributed by atoms with Gasteiger partial charge in [0.1, 0.15) is 10.5 Å². The van der Waals surface area contributed by atoms with E-state index < -0.39 is 11.6 Å². The van der Waals surface area contributed by atoms with Crippen molar-refractivity contribution >= 4 is 12.2 Å². The number of aromatic amines is 1. The van der Waals surface area contributed by atoms with Crippen molar-refractivity contribution in [2.75, 3.05) is 0 Å². The van der Waals surface area contributed by atoms with Gasteiger partial charge in [0.25, 0.3) is 0 Å². The van der Waals surface area contributed by atoms with Gasteiger partial charge in [0.15, 0.2) is 5.82 Å². The summed E-state index contributed by atoms with van der Waals surface area (Å²) in [6.45, 7) is 4.18. The van der Waals surface area contributed by atoms with Crippen LogP contribution in [0.2, 0.25) is 0 Å². The Labute approximate surface area is 109 Å². The Morgan fingerprint density at radius 3 is 2.61 bits per heavy atom. The lowest BCUT2D eigenvalue weighted by atomic mass is 10.1. The largest absolute Gasteiger partial charge is 0.297 e. The van der Waals surface area contributed by atoms with Gasteiger partial charge in [0, 0.05) is 11.8 Å². The van der Waals surface area contributed by atoms with Gasteiger partial charge in [-0.3, -0.25) is 5.10 Å². The highest BCUT2D eigenvalue weighted by Gasteiger charge is 2.09. The van der Waals surface area contributed by atoms with Crippen molar-refractivity contribution in [3.05, 3.63) is 46.2 Å². The zero-order valence-corrected chi connectivity index (χ0v) is 11.0. The fraction of sp³-hybridized carbons (Fsp3) is 0.308. The molecule has 0 atom stereocenters. The first-order valence-corrected chi connectivity index (χ1v) is 6.14. The summed E-state index contributed by atoms with van der Waals surface area (Å²) in [4.78, 5) is 0. The van der Waals surface area contributed by atoms with E-state index in [0.29, 0.717) is 10.6 Å². The van der Waals surface area contributed by atoms with E-state index in [1.165, 1.54) is 16.8 Å². The monoisotopic (exact) mass is 268 g/mol. The summed E-state index contributed by atoms with van der Waals surface area (Å²) in [5.41, 5.74) is 1.18. The molecule has 2 aromatic rings. The fourth-order valence-electron chi connectivity index (χ4n) is 1.83. The Morgan fingerprint density at radius 2 is 2.00 bits per heavy atom. The van der Waals surface area contributed by atoms with E-state index in [2.05, 4.69) is 18.9 Å². The normalized spacial score (nSPS) is 11.2. The molecule has 0 aliphatic carbocycles. The predicted molar refractivity (Wildman–Crippen MR) is 69.4 cm³/mol. The lowest BCUT2D eigenvalue weighted by Crippen LogP contribution is -2.02. The van der Waals surface area contributed by atoms with E-state index >= 15 is 0 Å². The summed E-state index contributed by atoms with van der Waals surface area (Å²) in [6.07, 6.45) is 0.833. The van der Waals surface area contributed by atoms with E-state index in [1.54, 1.807) is 6.07 Å². The quantitative estimate of drug-likeness (QED) is 0.834. The van der Waals surface area contributed by atoms with E-state index in [4.69, 9.17) is 12.2 Å². The van der Waals surface area contributed by atoms with Crippen LogP contribution in [0.3, 0.4) is 0 Å². The Kier molecular flexibility index (Phi) is 3.61. The summed E-state index contributed by atoms with van der Waals surface area (Å²) < 4.78 is 28.5. The molecular formula is C13H14F2N2S. The van der Waals surface area contributed by atoms with Gasteiger partial charge >= 0.3 is 0 Å². The molecule has 96 valence electrons. The van der Waals surface area contributed by atoms with Crippen molar-refractivity contribution in [2.24, 2.45) is 5.92 Å². The second kappa shape index (κ2) is 5.02. The minimum Gasteiger partial charge on any atom is -0.297 e. The van der Waals surface area contributed by atoms with Crippen LogP contribution in [0.25, 0.3) is 5.69 Å². The molecule has 0 spiro atoms. The number of hydrogen-bond acceptors (Lipinski definition) is 1. The first-order chi connectivity index (χ1) is 8.47. The van der Waals surface area contributed by atoms with Gasteiger partial charge in [-0.15, -0.1) is 0 Å². The zero-order chi connectivity index (χ0) is 13.3. The molecule has 1 N–H and O–H groups in total. The number of benzene rings is 1. The van der Waals surface area contributed by atoms with Crippen LogP contribution in [0.5, 0.6) is 0 Å². The number of nitrogens with zero attached hydrogens (tertiary/aromatic N) is 1. The van der Waals surface area contributed by atoms with Gasteiger partial charge in [-0.2, -0.15) is 0 Å². The molecule has 1 aromatic heterocycles. The van der Waals surface area contributed by atoms with Crippen molar-refractivity contribution in [1.82, 2.24) is 9.78 Å². The smallest absolute Gasteiger partial charge is 0.151 e. The average Bonchev–Trinajstić information content (AvgIpc) is 2.58. The highest BCUT2D eigenvalue weighted by atomic mass is 32.1. The van der Waals surface area contributed by atoms with Gasteiger partial charge in [-0.05, 0) is 30.5 Å². The topological polar surface area (TPSA) is 20.7 Å². The molecule has 1 aromatic carbocycles. The Hall–Kier alpha value is -1.49. The first kappa shape index (κ1) is 13.0. The third-order valence-corrected chi connectivity index (χ3v) is 2.85. The second-order valence-electron chi connectivity index (χ2n) is 4.65. The molecule has 1 heterocycles. The number of H-pyrrole nitrogens is 1. The van der Waals surface area contributed by atoms with Gasteiger partial charge in [-0.1, -0.05) is 26.1 Å². The maximum atomic E-state index is 13.7. The van der Waals surface area contributed by atoms with Crippen molar-refractivity contribution in [3.63, 3.8) is 0 Å². The lowest BCUT2D eigenvalue weighted by Gasteiger charge is -2.05. The minimum absolute atomic E-state index is 0.233. The summed E-state index contributed by atoms with van der Waals surface area (Å²) >= 11 is 5.17. The van der Waals surface area contributed by atoms with Crippen LogP contribution < -0.4 is 0 Å². The molecule has 0 aliphatic rings. The minimum atomic E-state index is -0.635. The van der Waals surface area contributed by atoms with E-state index in [-0.39, 0.29) is 5.69 Å². The molecule has 0 radical (unpaired) electrons. The average molecular weight is 268 g/mol. The molecule has 18 heavy (non-hydrogen) atoms. The predicted octanol–water partition coefficient (Wildman–Crippen LogP) is 4.01. The Balaban J connectivity index is 2.44. The van der Waals surface area contributed by atoms with E-state index in [0.717, 1.165) is 18.2 Å². The second-order valence-corrected chi connectivity index (χ2v) is 5.07. The first-order valence-electron chi connectivity index (χ1n) is 5.73. The van der Waals surface area contributed by atoms with E-state index in [1.807, 2.05) is 0 Å². The third kappa shape index (κ3) is 2.67. The van der Waals surface area contributed by atoms with Crippen LogP contribution in [-0.2, 0) is 6.42 Å². The molecular weight excluding hydrogens is 254 g/mol. The van der Waals surface area contributed by atoms with Crippen LogP contribution in [0.4, 0.5) is 8.78 Å². The molecule has 5 heteroatoms. The molecule has 0 amide bonds. The Morgan fingerprint density at radius 1 is 1.28 bits per heavy atom. The summed E-state index contributed by atoms with van der Waals surface area (Å²) in [5.74, 6) is -0.759. The van der Waals surface area contributed by atoms with Crippen molar-refractivity contribution in [2.45, 2.75) is 20.3 Å². The van der Waals surface area contributed by atoms with Crippen LogP contribution >= 0.6 is 12.2 Å². The zero-order valence-electron chi connectivity index (χ0n) is 10.2. The maximum absolute atomic E-state index is 13.7. The lowest BCUT2D eigenvalue weighted by molar-refractivity contribution is 0.571. The molecule has 0 fully saturated rings. The van der Waals surface area contributed by atoms with Gasteiger partial charge < -0.3 is 0 Å². The van der Waals surface area contributed by atoms with Gasteiger partial charge in [0.05, 0.1) is 5.69 Å². The molecule has 2 rings (SSSR count).